The summed E-state index contributed by atoms with van der Waals surface area (Å²) < 4.78 is 2.36. The minimum atomic E-state index is 0.778. The van der Waals surface area contributed by atoms with E-state index in [9.17, 15) is 0 Å². The molecular weight excluding hydrogens is 170 g/mol. The third-order valence-corrected chi connectivity index (χ3v) is 3.26. The maximum atomic E-state index is 5.61. The fourth-order valence-corrected chi connectivity index (χ4v) is 2.46. The molecule has 0 aromatic carbocycles. The summed E-state index contributed by atoms with van der Waals surface area (Å²) in [4.78, 5) is 4.31. The van der Waals surface area contributed by atoms with Crippen LogP contribution in [0.3, 0.4) is 0 Å². The fraction of sp³-hybridized carbons (Fsp3) is 0.750. The highest BCUT2D eigenvalue weighted by Gasteiger charge is 2.24. The summed E-state index contributed by atoms with van der Waals surface area (Å²) in [5.41, 5.74) is 5.61. The van der Waals surface area contributed by atoms with E-state index in [1.165, 1.54) is 32.4 Å². The first kappa shape index (κ1) is 8.10. The minimum Gasteiger partial charge on any atom is -0.366 e. The number of thioether (sulfide) groups is 1. The Bertz CT molecular complexity index is 237. The summed E-state index contributed by atoms with van der Waals surface area (Å²) in [6.45, 7) is 2.33. The average molecular weight is 184 g/mol. The second-order valence-electron chi connectivity index (χ2n) is 3.22. The standard InChI is InChI=1S/C8H13N3S/c9-7-6-12-8(10-7)11-4-2-1-3-5-11/h9H,1-6H2/p+1. The maximum absolute atomic E-state index is 5.61. The van der Waals surface area contributed by atoms with Crippen molar-refractivity contribution in [3.63, 3.8) is 0 Å². The van der Waals surface area contributed by atoms with Gasteiger partial charge in [-0.1, -0.05) is 0 Å². The second kappa shape index (κ2) is 3.47. The average Bonchev–Trinajstić information content (AvgIpc) is 2.54. The summed E-state index contributed by atoms with van der Waals surface area (Å²) in [5, 5.41) is 1.15. The molecule has 0 aliphatic carbocycles. The summed E-state index contributed by atoms with van der Waals surface area (Å²) in [7, 11) is 0. The Labute approximate surface area is 76.7 Å². The van der Waals surface area contributed by atoms with E-state index in [1.54, 1.807) is 11.8 Å². The Kier molecular flexibility index (Phi) is 2.35. The summed E-state index contributed by atoms with van der Waals surface area (Å²) in [5.74, 6) is 1.66. The van der Waals surface area contributed by atoms with Gasteiger partial charge in [-0.05, 0) is 36.0 Å². The molecule has 2 N–H and O–H groups in total. The molecule has 66 valence electrons. The van der Waals surface area contributed by atoms with Crippen LogP contribution in [-0.4, -0.2) is 34.4 Å². The largest absolute Gasteiger partial charge is 0.366 e. The molecule has 0 saturated carbocycles. The van der Waals surface area contributed by atoms with Crippen LogP contribution in [-0.2, 0) is 0 Å². The molecule has 1 saturated heterocycles. The van der Waals surface area contributed by atoms with Gasteiger partial charge in [0.2, 0.25) is 5.84 Å². The lowest BCUT2D eigenvalue weighted by atomic mass is 10.2. The minimum absolute atomic E-state index is 0.778. The van der Waals surface area contributed by atoms with Crippen molar-refractivity contribution in [1.82, 2.24) is 0 Å². The van der Waals surface area contributed by atoms with Gasteiger partial charge in [0.15, 0.2) is 0 Å². The van der Waals surface area contributed by atoms with E-state index in [0.29, 0.717) is 0 Å². The van der Waals surface area contributed by atoms with Crippen LogP contribution < -0.4 is 5.73 Å². The molecule has 1 fully saturated rings. The second-order valence-corrected chi connectivity index (χ2v) is 4.16. The van der Waals surface area contributed by atoms with E-state index in [-0.39, 0.29) is 0 Å². The Morgan fingerprint density at radius 2 is 2.00 bits per heavy atom. The SMILES string of the molecule is NC1=NC(=[N+]2CCCCC2)SC1. The van der Waals surface area contributed by atoms with Crippen molar-refractivity contribution in [2.24, 2.45) is 10.7 Å². The molecule has 0 aromatic heterocycles. The van der Waals surface area contributed by atoms with E-state index >= 15 is 0 Å². The summed E-state index contributed by atoms with van der Waals surface area (Å²) in [6, 6.07) is 0. The normalized spacial score (nSPS) is 24.5. The zero-order valence-corrected chi connectivity index (χ0v) is 7.94. The van der Waals surface area contributed by atoms with Gasteiger partial charge in [0.05, 0.1) is 18.8 Å². The van der Waals surface area contributed by atoms with E-state index in [0.717, 1.165) is 16.8 Å². The zero-order valence-electron chi connectivity index (χ0n) is 7.12. The molecule has 2 rings (SSSR count). The number of amidine groups is 2. The van der Waals surface area contributed by atoms with Crippen molar-refractivity contribution < 1.29 is 4.58 Å². The van der Waals surface area contributed by atoms with Crippen molar-refractivity contribution in [3.05, 3.63) is 0 Å². The summed E-state index contributed by atoms with van der Waals surface area (Å²) >= 11 is 1.77. The van der Waals surface area contributed by atoms with Crippen LogP contribution in [0, 0.1) is 0 Å². The van der Waals surface area contributed by atoms with Crippen LogP contribution in [0.4, 0.5) is 0 Å². The first-order chi connectivity index (χ1) is 5.86. The Balaban J connectivity index is 2.13. The van der Waals surface area contributed by atoms with Crippen molar-refractivity contribution in [3.8, 4) is 0 Å². The Hall–Kier alpha value is -0.510. The van der Waals surface area contributed by atoms with Crippen LogP contribution in [0.15, 0.2) is 4.99 Å². The number of nitrogens with zero attached hydrogens (tertiary/aromatic N) is 2. The number of piperidine rings is 1. The van der Waals surface area contributed by atoms with Crippen molar-refractivity contribution >= 4 is 22.8 Å². The molecule has 0 atom stereocenters. The molecule has 2 heterocycles. The molecule has 0 amide bonds. The summed E-state index contributed by atoms with van der Waals surface area (Å²) in [6.07, 6.45) is 3.98. The maximum Gasteiger partial charge on any atom is 0.357 e. The molecule has 2 aliphatic heterocycles. The molecule has 0 radical (unpaired) electrons. The lowest BCUT2D eigenvalue weighted by Gasteiger charge is -2.12. The van der Waals surface area contributed by atoms with Crippen LogP contribution in [0.2, 0.25) is 0 Å². The lowest BCUT2D eigenvalue weighted by Crippen LogP contribution is -2.24. The smallest absolute Gasteiger partial charge is 0.357 e. The van der Waals surface area contributed by atoms with Gasteiger partial charge in [-0.3, -0.25) is 4.58 Å². The van der Waals surface area contributed by atoms with E-state index < -0.39 is 0 Å². The van der Waals surface area contributed by atoms with Crippen molar-refractivity contribution in [2.75, 3.05) is 18.8 Å². The Morgan fingerprint density at radius 3 is 2.58 bits per heavy atom. The highest BCUT2D eigenvalue weighted by molar-refractivity contribution is 8.14. The van der Waals surface area contributed by atoms with Crippen LogP contribution in [0.5, 0.6) is 0 Å². The third kappa shape index (κ3) is 1.63. The van der Waals surface area contributed by atoms with Gasteiger partial charge in [0.1, 0.15) is 0 Å². The molecule has 12 heavy (non-hydrogen) atoms. The number of nitrogens with two attached hydrogens (primary N) is 1. The van der Waals surface area contributed by atoms with Gasteiger partial charge in [-0.25, -0.2) is 0 Å². The molecule has 2 aliphatic rings. The molecule has 0 aromatic rings. The number of hydrogen-bond donors (Lipinski definition) is 1. The highest BCUT2D eigenvalue weighted by Crippen LogP contribution is 2.15. The predicted molar refractivity (Wildman–Crippen MR) is 52.9 cm³/mol. The lowest BCUT2D eigenvalue weighted by molar-refractivity contribution is -0.535. The van der Waals surface area contributed by atoms with E-state index in [4.69, 9.17) is 5.73 Å². The van der Waals surface area contributed by atoms with Gasteiger partial charge in [0.25, 0.3) is 0 Å². The number of hydrogen-bond acceptors (Lipinski definition) is 2. The van der Waals surface area contributed by atoms with Gasteiger partial charge in [0, 0.05) is 0 Å². The van der Waals surface area contributed by atoms with Gasteiger partial charge in [-0.15, -0.1) is 0 Å². The first-order valence-electron chi connectivity index (χ1n) is 4.44. The fourth-order valence-electron chi connectivity index (χ4n) is 1.57. The topological polar surface area (TPSA) is 41.4 Å². The molecule has 0 unspecified atom stereocenters. The van der Waals surface area contributed by atoms with Crippen molar-refractivity contribution in [1.29, 1.82) is 0 Å². The van der Waals surface area contributed by atoms with Crippen LogP contribution in [0.1, 0.15) is 19.3 Å². The molecule has 0 spiro atoms. The number of aliphatic imine (C=N–C) groups is 1. The van der Waals surface area contributed by atoms with E-state index in [2.05, 4.69) is 9.57 Å². The number of rotatable bonds is 0. The molecular formula is C8H14N3S+. The van der Waals surface area contributed by atoms with Gasteiger partial charge in [-0.2, -0.15) is 0 Å². The third-order valence-electron chi connectivity index (χ3n) is 2.21. The predicted octanol–water partition coefficient (Wildman–Crippen LogP) is 0.643. The Morgan fingerprint density at radius 1 is 1.25 bits per heavy atom. The molecule has 0 bridgehead atoms. The quantitative estimate of drug-likeness (QED) is 0.561. The highest BCUT2D eigenvalue weighted by atomic mass is 32.2. The monoisotopic (exact) mass is 184 g/mol. The van der Waals surface area contributed by atoms with Crippen molar-refractivity contribution in [2.45, 2.75) is 19.3 Å². The molecule has 4 heteroatoms. The molecule has 3 nitrogen and oxygen atoms in total. The van der Waals surface area contributed by atoms with E-state index in [1.807, 2.05) is 0 Å². The van der Waals surface area contributed by atoms with Gasteiger partial charge < -0.3 is 5.73 Å². The first-order valence-corrected chi connectivity index (χ1v) is 5.42. The van der Waals surface area contributed by atoms with Crippen LogP contribution in [0.25, 0.3) is 0 Å². The zero-order chi connectivity index (χ0) is 8.39. The van der Waals surface area contributed by atoms with Crippen LogP contribution >= 0.6 is 11.8 Å². The van der Waals surface area contributed by atoms with Gasteiger partial charge >= 0.3 is 5.17 Å².